The van der Waals surface area contributed by atoms with E-state index in [1.165, 1.54) is 12.1 Å². The lowest BCUT2D eigenvalue weighted by Crippen LogP contribution is -2.37. The third kappa shape index (κ3) is 4.25. The number of halogens is 1. The Hall–Kier alpha value is -2.34. The molecule has 2 aromatic rings. The topological polar surface area (TPSA) is 49.4 Å². The van der Waals surface area contributed by atoms with E-state index in [0.29, 0.717) is 28.8 Å². The molecule has 1 saturated heterocycles. The average Bonchev–Trinajstić information content (AvgIpc) is 2.68. The van der Waals surface area contributed by atoms with Crippen LogP contribution in [0.3, 0.4) is 0 Å². The number of anilines is 1. The van der Waals surface area contributed by atoms with Crippen LogP contribution in [0.4, 0.5) is 10.1 Å². The molecule has 4 nitrogen and oxygen atoms in total. The lowest BCUT2D eigenvalue weighted by atomic mass is 10.1. The number of carbonyl (C=O) groups excluding carboxylic acids is 2. The smallest absolute Gasteiger partial charge is 0.255 e. The third-order valence-electron chi connectivity index (χ3n) is 4.35. The lowest BCUT2D eigenvalue weighted by Gasteiger charge is -2.26. The zero-order chi connectivity index (χ0) is 18.5. The van der Waals surface area contributed by atoms with Gasteiger partial charge in [0.25, 0.3) is 11.8 Å². The van der Waals surface area contributed by atoms with Crippen molar-refractivity contribution in [2.45, 2.75) is 13.3 Å². The number of nitrogens with one attached hydrogen (secondary N) is 1. The normalized spacial score (nSPS) is 14.2. The Labute approximate surface area is 156 Å². The van der Waals surface area contributed by atoms with Crippen LogP contribution in [0.5, 0.6) is 0 Å². The van der Waals surface area contributed by atoms with Crippen molar-refractivity contribution in [3.63, 3.8) is 0 Å². The number of carbonyl (C=O) groups is 2. The monoisotopic (exact) mass is 372 g/mol. The molecule has 136 valence electrons. The molecule has 0 spiro atoms. The van der Waals surface area contributed by atoms with Crippen LogP contribution in [0.25, 0.3) is 0 Å². The number of hydrogen-bond donors (Lipinski definition) is 1. The number of hydrogen-bond acceptors (Lipinski definition) is 3. The highest BCUT2D eigenvalue weighted by Gasteiger charge is 2.19. The molecule has 0 unspecified atom stereocenters. The summed E-state index contributed by atoms with van der Waals surface area (Å²) in [6, 6.07) is 11.3. The molecule has 3 rings (SSSR count). The van der Waals surface area contributed by atoms with Crippen LogP contribution in [0, 0.1) is 5.82 Å². The molecule has 1 heterocycles. The van der Waals surface area contributed by atoms with Crippen LogP contribution in [0.2, 0.25) is 0 Å². The number of amides is 2. The van der Waals surface area contributed by atoms with E-state index in [9.17, 15) is 14.0 Å². The van der Waals surface area contributed by atoms with E-state index in [0.717, 1.165) is 24.6 Å². The number of nitrogens with zero attached hydrogens (tertiary/aromatic N) is 1. The van der Waals surface area contributed by atoms with Gasteiger partial charge in [-0.3, -0.25) is 9.59 Å². The van der Waals surface area contributed by atoms with Crippen LogP contribution in [-0.4, -0.2) is 41.3 Å². The molecule has 1 fully saturated rings. The van der Waals surface area contributed by atoms with E-state index < -0.39 is 0 Å². The predicted octanol–water partition coefficient (Wildman–Crippen LogP) is 3.83. The first-order valence-corrected chi connectivity index (χ1v) is 9.81. The van der Waals surface area contributed by atoms with E-state index >= 15 is 0 Å². The highest BCUT2D eigenvalue weighted by Crippen LogP contribution is 2.18. The Morgan fingerprint density at radius 3 is 2.62 bits per heavy atom. The van der Waals surface area contributed by atoms with Gasteiger partial charge >= 0.3 is 0 Å². The summed E-state index contributed by atoms with van der Waals surface area (Å²) >= 11 is 1.85. The first kappa shape index (κ1) is 18.5. The fraction of sp³-hybridized carbons (Fsp3) is 0.300. The summed E-state index contributed by atoms with van der Waals surface area (Å²) in [5, 5.41) is 2.79. The molecule has 0 atom stereocenters. The summed E-state index contributed by atoms with van der Waals surface area (Å²) in [7, 11) is 0. The van der Waals surface area contributed by atoms with Gasteiger partial charge in [0, 0.05) is 41.4 Å². The van der Waals surface area contributed by atoms with E-state index in [4.69, 9.17) is 0 Å². The molecule has 6 heteroatoms. The fourth-order valence-corrected chi connectivity index (χ4v) is 3.77. The van der Waals surface area contributed by atoms with Gasteiger partial charge in [-0.05, 0) is 48.4 Å². The van der Waals surface area contributed by atoms with Crippen LogP contribution in [0.15, 0.2) is 42.5 Å². The molecule has 2 aromatic carbocycles. The molecule has 0 aliphatic carbocycles. The van der Waals surface area contributed by atoms with Gasteiger partial charge in [-0.1, -0.05) is 13.0 Å². The van der Waals surface area contributed by atoms with E-state index in [2.05, 4.69) is 5.32 Å². The van der Waals surface area contributed by atoms with Crippen LogP contribution in [-0.2, 0) is 6.42 Å². The molecule has 0 aromatic heterocycles. The lowest BCUT2D eigenvalue weighted by molar-refractivity contribution is 0.0772. The maximum absolute atomic E-state index is 13.6. The van der Waals surface area contributed by atoms with Crippen molar-refractivity contribution in [2.24, 2.45) is 0 Å². The minimum absolute atomic E-state index is 0.0172. The minimum Gasteiger partial charge on any atom is -0.337 e. The molecule has 0 bridgehead atoms. The highest BCUT2D eigenvalue weighted by atomic mass is 32.2. The molecule has 1 aliphatic rings. The summed E-state index contributed by atoms with van der Waals surface area (Å²) in [6.07, 6.45) is 0.519. The average molecular weight is 372 g/mol. The van der Waals surface area contributed by atoms with Crippen molar-refractivity contribution in [1.82, 2.24) is 4.90 Å². The SMILES string of the molecule is CCc1cc(C(=O)Nc2cccc(C(=O)N3CCSCC3)c2)ccc1F. The quantitative estimate of drug-likeness (QED) is 0.887. The van der Waals surface area contributed by atoms with E-state index in [-0.39, 0.29) is 17.6 Å². The number of aryl methyl sites for hydroxylation is 1. The van der Waals surface area contributed by atoms with Crippen molar-refractivity contribution < 1.29 is 14.0 Å². The molecular formula is C20H21FN2O2S. The Bertz CT molecular complexity index is 819. The Morgan fingerprint density at radius 2 is 1.88 bits per heavy atom. The van der Waals surface area contributed by atoms with Gasteiger partial charge in [-0.2, -0.15) is 11.8 Å². The van der Waals surface area contributed by atoms with Gasteiger partial charge in [0.05, 0.1) is 0 Å². The summed E-state index contributed by atoms with van der Waals surface area (Å²) in [5.74, 6) is 1.25. The maximum atomic E-state index is 13.6. The summed E-state index contributed by atoms with van der Waals surface area (Å²) in [5.41, 5.74) is 2.01. The van der Waals surface area contributed by atoms with E-state index in [1.807, 2.05) is 23.6 Å². The standard InChI is InChI=1S/C20H21FN2O2S/c1-2-14-12-15(6-7-18(14)21)19(24)22-17-5-3-4-16(13-17)20(25)23-8-10-26-11-9-23/h3-7,12-13H,2,8-11H2,1H3,(H,22,24). The maximum Gasteiger partial charge on any atom is 0.255 e. The Morgan fingerprint density at radius 1 is 1.12 bits per heavy atom. The first-order chi connectivity index (χ1) is 12.6. The summed E-state index contributed by atoms with van der Waals surface area (Å²) in [6.45, 7) is 3.33. The highest BCUT2D eigenvalue weighted by molar-refractivity contribution is 7.99. The second-order valence-electron chi connectivity index (χ2n) is 6.10. The largest absolute Gasteiger partial charge is 0.337 e. The Kier molecular flexibility index (Phi) is 5.93. The number of benzene rings is 2. The van der Waals surface area contributed by atoms with Crippen LogP contribution < -0.4 is 5.32 Å². The van der Waals surface area contributed by atoms with Gasteiger partial charge in [-0.25, -0.2) is 4.39 Å². The third-order valence-corrected chi connectivity index (χ3v) is 5.30. The van der Waals surface area contributed by atoms with Gasteiger partial charge in [0.1, 0.15) is 5.82 Å². The molecule has 1 N–H and O–H groups in total. The van der Waals surface area contributed by atoms with Crippen molar-refractivity contribution in [3.8, 4) is 0 Å². The zero-order valence-electron chi connectivity index (χ0n) is 14.6. The molecule has 2 amide bonds. The number of rotatable bonds is 4. The van der Waals surface area contributed by atoms with Gasteiger partial charge in [-0.15, -0.1) is 0 Å². The van der Waals surface area contributed by atoms with Crippen molar-refractivity contribution >= 4 is 29.3 Å². The molecule has 0 saturated carbocycles. The molecule has 26 heavy (non-hydrogen) atoms. The first-order valence-electron chi connectivity index (χ1n) is 8.65. The number of thioether (sulfide) groups is 1. The van der Waals surface area contributed by atoms with Crippen molar-refractivity contribution in [3.05, 3.63) is 65.0 Å². The second kappa shape index (κ2) is 8.36. The molecule has 0 radical (unpaired) electrons. The van der Waals surface area contributed by atoms with Gasteiger partial charge < -0.3 is 10.2 Å². The van der Waals surface area contributed by atoms with Crippen LogP contribution in [0.1, 0.15) is 33.2 Å². The minimum atomic E-state index is -0.321. The second-order valence-corrected chi connectivity index (χ2v) is 7.32. The van der Waals surface area contributed by atoms with Crippen molar-refractivity contribution in [1.29, 1.82) is 0 Å². The van der Waals surface area contributed by atoms with Crippen LogP contribution >= 0.6 is 11.8 Å². The summed E-state index contributed by atoms with van der Waals surface area (Å²) < 4.78 is 13.6. The molecule has 1 aliphatic heterocycles. The molecular weight excluding hydrogens is 351 g/mol. The van der Waals surface area contributed by atoms with Crippen molar-refractivity contribution in [2.75, 3.05) is 29.9 Å². The zero-order valence-corrected chi connectivity index (χ0v) is 15.4. The Balaban J connectivity index is 1.74. The van der Waals surface area contributed by atoms with E-state index in [1.54, 1.807) is 30.3 Å². The fourth-order valence-electron chi connectivity index (χ4n) is 2.87. The predicted molar refractivity (Wildman–Crippen MR) is 103 cm³/mol. The van der Waals surface area contributed by atoms with Gasteiger partial charge in [0.2, 0.25) is 0 Å². The van der Waals surface area contributed by atoms with Gasteiger partial charge in [0.15, 0.2) is 0 Å². The summed E-state index contributed by atoms with van der Waals surface area (Å²) in [4.78, 5) is 26.9.